The van der Waals surface area contributed by atoms with Crippen LogP contribution in [0.2, 0.25) is 0 Å². The van der Waals surface area contributed by atoms with Gasteiger partial charge >= 0.3 is 0 Å². The highest BCUT2D eigenvalue weighted by molar-refractivity contribution is 5.76. The minimum Gasteiger partial charge on any atom is -0.298 e. The lowest BCUT2D eigenvalue weighted by atomic mass is 10.2. The van der Waals surface area contributed by atoms with E-state index in [1.165, 1.54) is 12.1 Å². The van der Waals surface area contributed by atoms with E-state index in [2.05, 4.69) is 10.0 Å². The van der Waals surface area contributed by atoms with Gasteiger partial charge < -0.3 is 0 Å². The third-order valence-corrected chi connectivity index (χ3v) is 1.26. The molecule has 0 unspecified atom stereocenters. The lowest BCUT2D eigenvalue weighted by molar-refractivity contribution is 0.112. The first kappa shape index (κ1) is 8.23. The van der Waals surface area contributed by atoms with Gasteiger partial charge in [-0.2, -0.15) is 0 Å². The number of carbonyl (C=O) groups excluding carboxylic acids is 1. The maximum atomic E-state index is 12.7. The molecule has 0 aliphatic carbocycles. The van der Waals surface area contributed by atoms with Gasteiger partial charge in [-0.15, -0.1) is 0 Å². The molecular weight excluding hydrogens is 161 g/mol. The quantitative estimate of drug-likeness (QED) is 0.287. The lowest BCUT2D eigenvalue weighted by Gasteiger charge is -1.94. The van der Waals surface area contributed by atoms with E-state index in [0.29, 0.717) is 6.29 Å². The van der Waals surface area contributed by atoms with E-state index in [1.807, 2.05) is 0 Å². The first-order valence-corrected chi connectivity index (χ1v) is 3.08. The minimum absolute atomic E-state index is 0.165. The smallest absolute Gasteiger partial charge is 0.150 e. The first-order chi connectivity index (χ1) is 5.77. The van der Waals surface area contributed by atoms with Gasteiger partial charge in [-0.25, -0.2) is 4.39 Å². The molecule has 0 heterocycles. The highest BCUT2D eigenvalue weighted by Gasteiger charge is 1.99. The maximum Gasteiger partial charge on any atom is 0.150 e. The van der Waals surface area contributed by atoms with Crippen molar-refractivity contribution in [1.82, 2.24) is 0 Å². The van der Waals surface area contributed by atoms with Crippen molar-refractivity contribution in [3.8, 4) is 0 Å². The van der Waals surface area contributed by atoms with Crippen molar-refractivity contribution < 1.29 is 9.18 Å². The molecule has 0 bridgehead atoms. The fourth-order valence-corrected chi connectivity index (χ4v) is 0.728. The molecule has 1 aromatic rings. The number of hydrogen-bond acceptors (Lipinski definition) is 2. The Hall–Kier alpha value is -1.87. The first-order valence-electron chi connectivity index (χ1n) is 3.08. The van der Waals surface area contributed by atoms with Crippen LogP contribution in [0, 0.1) is 5.82 Å². The number of benzene rings is 1. The van der Waals surface area contributed by atoms with Crippen LogP contribution in [-0.2, 0) is 0 Å². The highest BCUT2D eigenvalue weighted by Crippen LogP contribution is 2.18. The highest BCUT2D eigenvalue weighted by atomic mass is 19.1. The van der Waals surface area contributed by atoms with Crippen molar-refractivity contribution in [1.29, 1.82) is 0 Å². The van der Waals surface area contributed by atoms with Crippen LogP contribution >= 0.6 is 0 Å². The van der Waals surface area contributed by atoms with Crippen molar-refractivity contribution in [3.63, 3.8) is 0 Å². The second-order valence-corrected chi connectivity index (χ2v) is 2.02. The molecule has 0 amide bonds. The van der Waals surface area contributed by atoms with Crippen LogP contribution in [-0.4, -0.2) is 6.29 Å². The predicted molar refractivity (Wildman–Crippen MR) is 40.6 cm³/mol. The molecule has 0 fully saturated rings. The summed E-state index contributed by atoms with van der Waals surface area (Å²) in [7, 11) is 0. The molecule has 5 heteroatoms. The van der Waals surface area contributed by atoms with Crippen LogP contribution in [0.5, 0.6) is 0 Å². The Morgan fingerprint density at radius 1 is 1.58 bits per heavy atom. The molecule has 1 rings (SSSR count). The van der Waals surface area contributed by atoms with E-state index in [1.54, 1.807) is 0 Å². The largest absolute Gasteiger partial charge is 0.298 e. The van der Waals surface area contributed by atoms with Crippen molar-refractivity contribution in [3.05, 3.63) is 40.0 Å². The molecule has 0 saturated carbocycles. The zero-order valence-corrected chi connectivity index (χ0v) is 5.94. The lowest BCUT2D eigenvalue weighted by Crippen LogP contribution is -1.80. The number of hydrogen-bond donors (Lipinski definition) is 0. The number of halogens is 1. The molecule has 0 saturated heterocycles. The molecule has 0 radical (unpaired) electrons. The zero-order chi connectivity index (χ0) is 8.97. The summed E-state index contributed by atoms with van der Waals surface area (Å²) in [5, 5.41) is 3.06. The topological polar surface area (TPSA) is 65.8 Å². The van der Waals surface area contributed by atoms with E-state index in [9.17, 15) is 9.18 Å². The SMILES string of the molecule is [N-]=[N+]=Nc1cc(C=O)ccc1F. The van der Waals surface area contributed by atoms with E-state index in [0.717, 1.165) is 6.07 Å². The Balaban J connectivity index is 3.25. The minimum atomic E-state index is -0.640. The van der Waals surface area contributed by atoms with Crippen LogP contribution < -0.4 is 0 Å². The standard InChI is InChI=1S/C7H4FN3O/c8-6-2-1-5(4-12)3-7(6)10-11-9/h1-4H. The van der Waals surface area contributed by atoms with Gasteiger partial charge in [0, 0.05) is 10.5 Å². The van der Waals surface area contributed by atoms with Crippen LogP contribution in [0.4, 0.5) is 10.1 Å². The number of nitrogens with zero attached hydrogens (tertiary/aromatic N) is 3. The van der Waals surface area contributed by atoms with Gasteiger partial charge in [-0.1, -0.05) is 5.11 Å². The van der Waals surface area contributed by atoms with Gasteiger partial charge in [0.2, 0.25) is 0 Å². The van der Waals surface area contributed by atoms with Gasteiger partial charge in [0.25, 0.3) is 0 Å². The zero-order valence-electron chi connectivity index (χ0n) is 5.94. The van der Waals surface area contributed by atoms with Crippen molar-refractivity contribution in [2.45, 2.75) is 0 Å². The number of azide groups is 1. The van der Waals surface area contributed by atoms with E-state index in [4.69, 9.17) is 5.53 Å². The molecule has 60 valence electrons. The fourth-order valence-electron chi connectivity index (χ4n) is 0.728. The maximum absolute atomic E-state index is 12.7. The number of carbonyl (C=O) groups is 1. The molecule has 12 heavy (non-hydrogen) atoms. The summed E-state index contributed by atoms with van der Waals surface area (Å²) in [6, 6.07) is 3.56. The molecule has 1 aromatic carbocycles. The molecular formula is C7H4FN3O. The third kappa shape index (κ3) is 1.59. The molecule has 0 aliphatic heterocycles. The van der Waals surface area contributed by atoms with E-state index in [-0.39, 0.29) is 11.3 Å². The van der Waals surface area contributed by atoms with Gasteiger partial charge in [-0.3, -0.25) is 4.79 Å². The molecule has 0 atom stereocenters. The molecule has 0 aromatic heterocycles. The van der Waals surface area contributed by atoms with Gasteiger partial charge in [0.05, 0.1) is 5.69 Å². The Bertz CT molecular complexity index is 358. The normalized spacial score (nSPS) is 8.75. The van der Waals surface area contributed by atoms with Gasteiger partial charge in [0.1, 0.15) is 12.1 Å². The Labute approximate surface area is 67.3 Å². The Morgan fingerprint density at radius 3 is 2.92 bits per heavy atom. The van der Waals surface area contributed by atoms with Crippen LogP contribution in [0.25, 0.3) is 10.4 Å². The Morgan fingerprint density at radius 2 is 2.33 bits per heavy atom. The van der Waals surface area contributed by atoms with Crippen LogP contribution in [0.15, 0.2) is 23.3 Å². The Kier molecular flexibility index (Phi) is 2.40. The van der Waals surface area contributed by atoms with Gasteiger partial charge in [0.15, 0.2) is 0 Å². The molecule has 4 nitrogen and oxygen atoms in total. The summed E-state index contributed by atoms with van der Waals surface area (Å²) in [4.78, 5) is 12.6. The van der Waals surface area contributed by atoms with Crippen molar-refractivity contribution in [2.75, 3.05) is 0 Å². The second kappa shape index (κ2) is 3.50. The third-order valence-electron chi connectivity index (χ3n) is 1.26. The number of aldehydes is 1. The van der Waals surface area contributed by atoms with Crippen molar-refractivity contribution >= 4 is 12.0 Å². The number of rotatable bonds is 2. The van der Waals surface area contributed by atoms with E-state index >= 15 is 0 Å². The summed E-state index contributed by atoms with van der Waals surface area (Å²) in [6.45, 7) is 0. The second-order valence-electron chi connectivity index (χ2n) is 2.02. The van der Waals surface area contributed by atoms with Crippen molar-refractivity contribution in [2.24, 2.45) is 5.11 Å². The fraction of sp³-hybridized carbons (Fsp3) is 0. The van der Waals surface area contributed by atoms with Crippen LogP contribution in [0.3, 0.4) is 0 Å². The molecule has 0 spiro atoms. The summed E-state index contributed by atoms with van der Waals surface area (Å²) >= 11 is 0. The monoisotopic (exact) mass is 165 g/mol. The van der Waals surface area contributed by atoms with Gasteiger partial charge in [-0.05, 0) is 23.7 Å². The average molecular weight is 165 g/mol. The summed E-state index contributed by atoms with van der Waals surface area (Å²) in [5.74, 6) is -0.640. The summed E-state index contributed by atoms with van der Waals surface area (Å²) < 4.78 is 12.7. The summed E-state index contributed by atoms with van der Waals surface area (Å²) in [6.07, 6.45) is 0.551. The van der Waals surface area contributed by atoms with Crippen LogP contribution in [0.1, 0.15) is 10.4 Å². The predicted octanol–water partition coefficient (Wildman–Crippen LogP) is 2.58. The van der Waals surface area contributed by atoms with E-state index < -0.39 is 5.82 Å². The summed E-state index contributed by atoms with van der Waals surface area (Å²) in [5.41, 5.74) is 8.12. The molecule has 0 aliphatic rings. The molecule has 0 N–H and O–H groups in total. The average Bonchev–Trinajstić information content (AvgIpc) is 2.09.